The second-order valence-electron chi connectivity index (χ2n) is 5.24. The zero-order valence-electron chi connectivity index (χ0n) is 9.93. The largest absolute Gasteiger partial charge is 0.481 e. The van der Waals surface area contributed by atoms with Crippen molar-refractivity contribution >= 4 is 11.9 Å². The van der Waals surface area contributed by atoms with E-state index in [0.29, 0.717) is 6.42 Å². The first-order valence-electron chi connectivity index (χ1n) is 6.17. The van der Waals surface area contributed by atoms with E-state index < -0.39 is 29.2 Å². The van der Waals surface area contributed by atoms with E-state index in [4.69, 9.17) is 0 Å². The van der Waals surface area contributed by atoms with Crippen LogP contribution in [0.15, 0.2) is 12.2 Å². The molecule has 1 saturated carbocycles. The van der Waals surface area contributed by atoms with E-state index in [9.17, 15) is 19.8 Å². The standard InChI is InChI=1S/C13H18O4/c1-2-3-5-13-6-4-8(7-13)9(11(14)15)10(13)12(16)17/h4,6,8-10H,2-3,5,7H2,1H3,(H,14,15)(H,16,17). The maximum atomic E-state index is 11.4. The van der Waals surface area contributed by atoms with E-state index in [1.54, 1.807) is 0 Å². The minimum Gasteiger partial charge on any atom is -0.481 e. The zero-order chi connectivity index (χ0) is 12.6. The fraction of sp³-hybridized carbons (Fsp3) is 0.692. The highest BCUT2D eigenvalue weighted by molar-refractivity contribution is 5.83. The summed E-state index contributed by atoms with van der Waals surface area (Å²) in [5.41, 5.74) is -0.407. The average Bonchev–Trinajstić information content (AvgIpc) is 2.81. The molecule has 0 amide bonds. The summed E-state index contributed by atoms with van der Waals surface area (Å²) in [5.74, 6) is -3.51. The van der Waals surface area contributed by atoms with Crippen molar-refractivity contribution in [1.82, 2.24) is 0 Å². The summed E-state index contributed by atoms with van der Waals surface area (Å²) in [6.07, 6.45) is 7.31. The van der Waals surface area contributed by atoms with Crippen LogP contribution in [0, 0.1) is 23.2 Å². The Kier molecular flexibility index (Phi) is 2.98. The molecule has 0 aromatic rings. The van der Waals surface area contributed by atoms with Gasteiger partial charge in [-0.15, -0.1) is 0 Å². The summed E-state index contributed by atoms with van der Waals surface area (Å²) >= 11 is 0. The molecule has 4 unspecified atom stereocenters. The Morgan fingerprint density at radius 2 is 2.06 bits per heavy atom. The van der Waals surface area contributed by atoms with Crippen molar-refractivity contribution in [2.45, 2.75) is 32.6 Å². The van der Waals surface area contributed by atoms with E-state index in [0.717, 1.165) is 19.3 Å². The van der Waals surface area contributed by atoms with Crippen LogP contribution in [0.25, 0.3) is 0 Å². The maximum Gasteiger partial charge on any atom is 0.308 e. The highest BCUT2D eigenvalue weighted by Crippen LogP contribution is 2.59. The van der Waals surface area contributed by atoms with Gasteiger partial charge in [0, 0.05) is 5.41 Å². The Hall–Kier alpha value is -1.32. The third kappa shape index (κ3) is 1.75. The quantitative estimate of drug-likeness (QED) is 0.720. The number of allylic oxidation sites excluding steroid dienone is 2. The van der Waals surface area contributed by atoms with Crippen molar-refractivity contribution in [1.29, 1.82) is 0 Å². The van der Waals surface area contributed by atoms with Gasteiger partial charge in [0.25, 0.3) is 0 Å². The summed E-state index contributed by atoms with van der Waals surface area (Å²) in [6, 6.07) is 0. The van der Waals surface area contributed by atoms with E-state index in [2.05, 4.69) is 6.92 Å². The van der Waals surface area contributed by atoms with Gasteiger partial charge in [0.15, 0.2) is 0 Å². The van der Waals surface area contributed by atoms with Crippen molar-refractivity contribution in [3.05, 3.63) is 12.2 Å². The number of rotatable bonds is 5. The Labute approximate surface area is 100 Å². The molecular weight excluding hydrogens is 220 g/mol. The van der Waals surface area contributed by atoms with Crippen molar-refractivity contribution in [3.63, 3.8) is 0 Å². The van der Waals surface area contributed by atoms with Gasteiger partial charge in [-0.25, -0.2) is 0 Å². The van der Waals surface area contributed by atoms with Gasteiger partial charge in [-0.05, 0) is 18.8 Å². The molecule has 2 aliphatic rings. The molecule has 0 aromatic carbocycles. The van der Waals surface area contributed by atoms with Gasteiger partial charge in [0.05, 0.1) is 11.8 Å². The molecule has 0 heterocycles. The number of hydrogen-bond donors (Lipinski definition) is 2. The van der Waals surface area contributed by atoms with Gasteiger partial charge >= 0.3 is 11.9 Å². The average molecular weight is 238 g/mol. The van der Waals surface area contributed by atoms with Gasteiger partial charge in [0.1, 0.15) is 0 Å². The number of hydrogen-bond acceptors (Lipinski definition) is 2. The molecule has 2 rings (SSSR count). The van der Waals surface area contributed by atoms with Crippen LogP contribution in [0.5, 0.6) is 0 Å². The molecular formula is C13H18O4. The monoisotopic (exact) mass is 238 g/mol. The van der Waals surface area contributed by atoms with Crippen LogP contribution < -0.4 is 0 Å². The zero-order valence-corrected chi connectivity index (χ0v) is 9.93. The number of carboxylic acid groups (broad SMARTS) is 2. The lowest BCUT2D eigenvalue weighted by molar-refractivity contribution is -0.156. The van der Waals surface area contributed by atoms with Crippen molar-refractivity contribution in [2.24, 2.45) is 23.2 Å². The third-order valence-electron chi connectivity index (χ3n) is 4.28. The van der Waals surface area contributed by atoms with E-state index in [1.165, 1.54) is 0 Å². The van der Waals surface area contributed by atoms with Crippen LogP contribution >= 0.6 is 0 Å². The van der Waals surface area contributed by atoms with Gasteiger partial charge in [0.2, 0.25) is 0 Å². The van der Waals surface area contributed by atoms with Crippen LogP contribution in [0.3, 0.4) is 0 Å². The number of aliphatic carboxylic acids is 2. The molecule has 0 saturated heterocycles. The number of unbranched alkanes of at least 4 members (excludes halogenated alkanes) is 1. The molecule has 2 N–H and O–H groups in total. The van der Waals surface area contributed by atoms with Gasteiger partial charge in [-0.1, -0.05) is 31.9 Å². The molecule has 4 heteroatoms. The highest BCUT2D eigenvalue weighted by atomic mass is 16.4. The van der Waals surface area contributed by atoms with Gasteiger partial charge < -0.3 is 10.2 Å². The smallest absolute Gasteiger partial charge is 0.308 e. The molecule has 4 nitrogen and oxygen atoms in total. The summed E-state index contributed by atoms with van der Waals surface area (Å²) in [4.78, 5) is 22.6. The molecule has 0 aliphatic heterocycles. The van der Waals surface area contributed by atoms with E-state index in [-0.39, 0.29) is 5.92 Å². The summed E-state index contributed by atoms with van der Waals surface area (Å²) < 4.78 is 0. The lowest BCUT2D eigenvalue weighted by Gasteiger charge is -2.31. The highest BCUT2D eigenvalue weighted by Gasteiger charge is 2.60. The number of carbonyl (C=O) groups is 2. The predicted molar refractivity (Wildman–Crippen MR) is 61.5 cm³/mol. The molecule has 94 valence electrons. The second-order valence-corrected chi connectivity index (χ2v) is 5.24. The first kappa shape index (κ1) is 12.1. The Morgan fingerprint density at radius 1 is 1.35 bits per heavy atom. The lowest BCUT2D eigenvalue weighted by Crippen LogP contribution is -2.38. The molecule has 0 spiro atoms. The van der Waals surface area contributed by atoms with Crippen LogP contribution in [-0.4, -0.2) is 22.2 Å². The van der Waals surface area contributed by atoms with Crippen molar-refractivity contribution in [2.75, 3.05) is 0 Å². The number of carboxylic acids is 2. The minimum atomic E-state index is -0.967. The van der Waals surface area contributed by atoms with E-state index in [1.807, 2.05) is 12.2 Å². The van der Waals surface area contributed by atoms with Crippen LogP contribution in [-0.2, 0) is 9.59 Å². The molecule has 17 heavy (non-hydrogen) atoms. The van der Waals surface area contributed by atoms with Crippen LogP contribution in [0.4, 0.5) is 0 Å². The molecule has 2 aliphatic carbocycles. The van der Waals surface area contributed by atoms with Gasteiger partial charge in [-0.2, -0.15) is 0 Å². The minimum absolute atomic E-state index is 0.0922. The molecule has 0 radical (unpaired) electrons. The van der Waals surface area contributed by atoms with Crippen LogP contribution in [0.1, 0.15) is 32.6 Å². The van der Waals surface area contributed by atoms with Crippen LogP contribution in [0.2, 0.25) is 0 Å². The Bertz CT molecular complexity index is 374. The normalized spacial score (nSPS) is 38.5. The molecule has 2 bridgehead atoms. The topological polar surface area (TPSA) is 74.6 Å². The second kappa shape index (κ2) is 4.17. The maximum absolute atomic E-state index is 11.4. The van der Waals surface area contributed by atoms with Gasteiger partial charge in [-0.3, -0.25) is 9.59 Å². The number of fused-ring (bicyclic) bond motifs is 2. The SMILES string of the molecule is CCCCC12C=CC(C1)C(C(=O)O)C2C(=O)O. The fourth-order valence-corrected chi connectivity index (χ4v) is 3.54. The van der Waals surface area contributed by atoms with E-state index >= 15 is 0 Å². The molecule has 1 fully saturated rings. The predicted octanol–water partition coefficient (Wildman–Crippen LogP) is 2.15. The molecule has 0 aromatic heterocycles. The van der Waals surface area contributed by atoms with Crippen molar-refractivity contribution in [3.8, 4) is 0 Å². The third-order valence-corrected chi connectivity index (χ3v) is 4.28. The first-order valence-corrected chi connectivity index (χ1v) is 6.17. The Morgan fingerprint density at radius 3 is 2.59 bits per heavy atom. The summed E-state index contributed by atoms with van der Waals surface area (Å²) in [7, 11) is 0. The summed E-state index contributed by atoms with van der Waals surface area (Å²) in [6.45, 7) is 2.06. The Balaban J connectivity index is 2.30. The fourth-order valence-electron chi connectivity index (χ4n) is 3.54. The molecule has 4 atom stereocenters. The lowest BCUT2D eigenvalue weighted by atomic mass is 9.71. The van der Waals surface area contributed by atoms with Crippen molar-refractivity contribution < 1.29 is 19.8 Å². The summed E-state index contributed by atoms with van der Waals surface area (Å²) in [5, 5.41) is 18.5. The first-order chi connectivity index (χ1) is 8.02.